The second kappa shape index (κ2) is 8.44. The van der Waals surface area contributed by atoms with Crippen molar-refractivity contribution < 1.29 is 14.3 Å². The van der Waals surface area contributed by atoms with Crippen LogP contribution in [0.15, 0.2) is 29.8 Å². The summed E-state index contributed by atoms with van der Waals surface area (Å²) in [5.74, 6) is -0.959. The maximum absolute atomic E-state index is 12.6. The van der Waals surface area contributed by atoms with Gasteiger partial charge in [-0.2, -0.15) is 0 Å². The number of hydrogen-bond acceptors (Lipinski definition) is 8. The van der Waals surface area contributed by atoms with Crippen LogP contribution in [-0.2, 0) is 22.5 Å². The van der Waals surface area contributed by atoms with Gasteiger partial charge in [0.05, 0.1) is 17.4 Å². The molecule has 0 radical (unpaired) electrons. The lowest BCUT2D eigenvalue weighted by molar-refractivity contribution is -0.116. The molecule has 28 heavy (non-hydrogen) atoms. The third-order valence-corrected chi connectivity index (χ3v) is 6.03. The van der Waals surface area contributed by atoms with Gasteiger partial charge in [-0.3, -0.25) is 14.2 Å². The van der Waals surface area contributed by atoms with Crippen molar-refractivity contribution in [1.29, 1.82) is 0 Å². The van der Waals surface area contributed by atoms with E-state index in [0.29, 0.717) is 20.8 Å². The average molecular weight is 419 g/mol. The Bertz CT molecular complexity index is 1110. The maximum Gasteiger partial charge on any atom is 0.350 e. The number of thiophene rings is 1. The Kier molecular flexibility index (Phi) is 6.00. The number of carbonyl (C=O) groups excluding carboxylic acids is 2. The highest BCUT2D eigenvalue weighted by atomic mass is 32.1. The molecule has 8 nitrogen and oxygen atoms in total. The predicted molar refractivity (Wildman–Crippen MR) is 109 cm³/mol. The van der Waals surface area contributed by atoms with E-state index in [1.807, 2.05) is 13.0 Å². The van der Waals surface area contributed by atoms with Gasteiger partial charge < -0.3 is 10.1 Å². The number of fused-ring (bicyclic) bond motifs is 1. The predicted octanol–water partition coefficient (Wildman–Crippen LogP) is 2.77. The van der Waals surface area contributed by atoms with Crippen LogP contribution >= 0.6 is 22.7 Å². The SMILES string of the molecule is C=CCOC(=O)c1sc(NC(=O)Cn2cnc3sc(CC)cc3c2=O)nc1C. The summed E-state index contributed by atoms with van der Waals surface area (Å²) in [5.41, 5.74) is 0.195. The van der Waals surface area contributed by atoms with Crippen molar-refractivity contribution in [1.82, 2.24) is 14.5 Å². The zero-order valence-electron chi connectivity index (χ0n) is 15.4. The molecule has 0 aliphatic rings. The van der Waals surface area contributed by atoms with Gasteiger partial charge in [0.2, 0.25) is 5.91 Å². The van der Waals surface area contributed by atoms with Crippen LogP contribution in [0.1, 0.15) is 27.2 Å². The summed E-state index contributed by atoms with van der Waals surface area (Å²) in [7, 11) is 0. The molecule has 3 heterocycles. The Labute approximate surface area is 168 Å². The molecule has 1 N–H and O–H groups in total. The molecule has 0 saturated carbocycles. The van der Waals surface area contributed by atoms with E-state index in [-0.39, 0.29) is 23.8 Å². The summed E-state index contributed by atoms with van der Waals surface area (Å²) in [6, 6.07) is 1.81. The molecular formula is C18H18N4O4S2. The second-order valence-corrected chi connectivity index (χ2v) is 7.95. The smallest absolute Gasteiger partial charge is 0.350 e. The van der Waals surface area contributed by atoms with Gasteiger partial charge in [-0.25, -0.2) is 14.8 Å². The minimum Gasteiger partial charge on any atom is -0.457 e. The van der Waals surface area contributed by atoms with E-state index in [1.54, 1.807) is 6.92 Å². The average Bonchev–Trinajstić information content (AvgIpc) is 3.25. The molecule has 0 bridgehead atoms. The number of nitrogens with zero attached hydrogens (tertiary/aromatic N) is 3. The minimum atomic E-state index is -0.523. The molecular weight excluding hydrogens is 400 g/mol. The van der Waals surface area contributed by atoms with E-state index in [4.69, 9.17) is 4.74 Å². The number of rotatable bonds is 7. The largest absolute Gasteiger partial charge is 0.457 e. The molecule has 0 fully saturated rings. The van der Waals surface area contributed by atoms with E-state index in [9.17, 15) is 14.4 Å². The topological polar surface area (TPSA) is 103 Å². The molecule has 0 unspecified atom stereocenters. The molecule has 10 heteroatoms. The third kappa shape index (κ3) is 4.18. The highest BCUT2D eigenvalue weighted by Gasteiger charge is 2.18. The first-order chi connectivity index (χ1) is 13.4. The summed E-state index contributed by atoms with van der Waals surface area (Å²) in [6.45, 7) is 7.04. The van der Waals surface area contributed by atoms with E-state index in [2.05, 4.69) is 21.9 Å². The lowest BCUT2D eigenvalue weighted by atomic mass is 10.3. The zero-order valence-corrected chi connectivity index (χ0v) is 17.0. The van der Waals surface area contributed by atoms with Crippen LogP contribution in [0.5, 0.6) is 0 Å². The first-order valence-corrected chi connectivity index (χ1v) is 10.1. The van der Waals surface area contributed by atoms with Gasteiger partial charge in [0.15, 0.2) is 5.13 Å². The van der Waals surface area contributed by atoms with Gasteiger partial charge in [-0.1, -0.05) is 30.9 Å². The fraction of sp³-hybridized carbons (Fsp3) is 0.278. The molecule has 3 rings (SSSR count). The van der Waals surface area contributed by atoms with Gasteiger partial charge in [0.25, 0.3) is 5.56 Å². The number of thiazole rings is 1. The Morgan fingerprint density at radius 1 is 1.39 bits per heavy atom. The number of esters is 1. The summed E-state index contributed by atoms with van der Waals surface area (Å²) < 4.78 is 6.24. The molecule has 0 saturated heterocycles. The maximum atomic E-state index is 12.6. The van der Waals surface area contributed by atoms with Gasteiger partial charge in [0.1, 0.15) is 22.9 Å². The van der Waals surface area contributed by atoms with Gasteiger partial charge in [-0.05, 0) is 19.4 Å². The minimum absolute atomic E-state index is 0.0958. The van der Waals surface area contributed by atoms with Crippen LogP contribution < -0.4 is 10.9 Å². The first kappa shape index (κ1) is 19.9. The molecule has 3 aromatic heterocycles. The van der Waals surface area contributed by atoms with Crippen LogP contribution in [0, 0.1) is 6.92 Å². The van der Waals surface area contributed by atoms with Crippen LogP contribution in [0.4, 0.5) is 5.13 Å². The van der Waals surface area contributed by atoms with Gasteiger partial charge in [0, 0.05) is 4.88 Å². The molecule has 0 aromatic carbocycles. The Morgan fingerprint density at radius 3 is 2.89 bits per heavy atom. The summed E-state index contributed by atoms with van der Waals surface area (Å²) in [6.07, 6.45) is 3.66. The summed E-state index contributed by atoms with van der Waals surface area (Å²) >= 11 is 2.49. The fourth-order valence-corrected chi connectivity index (χ4v) is 4.25. The Balaban J connectivity index is 1.73. The Hall–Kier alpha value is -2.85. The number of hydrogen-bond donors (Lipinski definition) is 1. The monoisotopic (exact) mass is 418 g/mol. The highest BCUT2D eigenvalue weighted by molar-refractivity contribution is 7.18. The molecule has 1 amide bonds. The van der Waals surface area contributed by atoms with E-state index >= 15 is 0 Å². The van der Waals surface area contributed by atoms with Crippen LogP contribution in [0.25, 0.3) is 10.2 Å². The summed E-state index contributed by atoms with van der Waals surface area (Å²) in [4.78, 5) is 47.3. The fourth-order valence-electron chi connectivity index (χ4n) is 2.45. The van der Waals surface area contributed by atoms with E-state index < -0.39 is 11.9 Å². The molecule has 3 aromatic rings. The molecule has 0 aliphatic heterocycles. The quantitative estimate of drug-likeness (QED) is 0.467. The van der Waals surface area contributed by atoms with Crippen molar-refractivity contribution in [2.45, 2.75) is 26.8 Å². The molecule has 0 aliphatic carbocycles. The normalized spacial score (nSPS) is 10.8. The molecule has 146 valence electrons. The third-order valence-electron chi connectivity index (χ3n) is 3.79. The molecule has 0 atom stereocenters. The number of anilines is 1. The van der Waals surface area contributed by atoms with Gasteiger partial charge in [-0.15, -0.1) is 11.3 Å². The van der Waals surface area contributed by atoms with Crippen molar-refractivity contribution in [3.8, 4) is 0 Å². The standard InChI is InChI=1S/C18H18N4O4S2/c1-4-6-26-17(25)14-10(3)20-18(28-14)21-13(23)8-22-9-19-15-12(16(22)24)7-11(5-2)27-15/h4,7,9H,1,5-6,8H2,2-3H3,(H,20,21,23). The lowest BCUT2D eigenvalue weighted by Gasteiger charge is -2.04. The number of aryl methyl sites for hydroxylation is 2. The number of nitrogens with one attached hydrogen (secondary N) is 1. The van der Waals surface area contributed by atoms with Crippen molar-refractivity contribution in [3.63, 3.8) is 0 Å². The number of amides is 1. The first-order valence-electron chi connectivity index (χ1n) is 8.46. The van der Waals surface area contributed by atoms with Crippen LogP contribution in [0.3, 0.4) is 0 Å². The van der Waals surface area contributed by atoms with Crippen molar-refractivity contribution in [3.05, 3.63) is 50.9 Å². The second-order valence-electron chi connectivity index (χ2n) is 5.83. The zero-order chi connectivity index (χ0) is 20.3. The van der Waals surface area contributed by atoms with Crippen LogP contribution in [0.2, 0.25) is 0 Å². The number of aromatic nitrogens is 3. The lowest BCUT2D eigenvalue weighted by Crippen LogP contribution is -2.27. The number of carbonyl (C=O) groups is 2. The summed E-state index contributed by atoms with van der Waals surface area (Å²) in [5, 5.41) is 3.38. The number of ether oxygens (including phenoxy) is 1. The molecule has 0 spiro atoms. The Morgan fingerprint density at radius 2 is 2.18 bits per heavy atom. The van der Waals surface area contributed by atoms with Crippen molar-refractivity contribution in [2.75, 3.05) is 11.9 Å². The van der Waals surface area contributed by atoms with Crippen LogP contribution in [-0.4, -0.2) is 33.0 Å². The highest BCUT2D eigenvalue weighted by Crippen LogP contribution is 2.24. The van der Waals surface area contributed by atoms with Crippen molar-refractivity contribution in [2.24, 2.45) is 0 Å². The van der Waals surface area contributed by atoms with Crippen molar-refractivity contribution >= 4 is 49.9 Å². The van der Waals surface area contributed by atoms with Gasteiger partial charge >= 0.3 is 5.97 Å². The van der Waals surface area contributed by atoms with E-state index in [0.717, 1.165) is 22.6 Å². The van der Waals surface area contributed by atoms with E-state index in [1.165, 1.54) is 28.3 Å².